The van der Waals surface area contributed by atoms with Crippen LogP contribution in [0, 0.1) is 18.6 Å². The van der Waals surface area contributed by atoms with Gasteiger partial charge in [-0.3, -0.25) is 9.47 Å². The minimum atomic E-state index is 0.662. The second-order valence-electron chi connectivity index (χ2n) is 6.46. The van der Waals surface area contributed by atoms with Gasteiger partial charge in [-0.25, -0.2) is 4.68 Å². The molecule has 1 atom stereocenters. The Kier molecular flexibility index (Phi) is 4.97. The number of hydrogen-bond acceptors (Lipinski definition) is 3. The number of benzene rings is 1. The Hall–Kier alpha value is -1.46. The smallest absolute Gasteiger partial charge is 0.203 e. The summed E-state index contributed by atoms with van der Waals surface area (Å²) in [6, 6.07) is 9.00. The Morgan fingerprint density at radius 2 is 2.00 bits per heavy atom. The van der Waals surface area contributed by atoms with Gasteiger partial charge in [-0.05, 0) is 57.0 Å². The predicted molar refractivity (Wildman–Crippen MR) is 96.5 cm³/mol. The number of piperidine rings is 1. The second-order valence-corrected chi connectivity index (χ2v) is 6.83. The van der Waals surface area contributed by atoms with Crippen molar-refractivity contribution in [3.8, 4) is 5.69 Å². The summed E-state index contributed by atoms with van der Waals surface area (Å²) >= 11 is 5.73. The highest BCUT2D eigenvalue weighted by Gasteiger charge is 2.22. The maximum absolute atomic E-state index is 5.73. The average Bonchev–Trinajstić information content (AvgIpc) is 2.83. The van der Waals surface area contributed by atoms with Crippen molar-refractivity contribution in [3.05, 3.63) is 40.4 Å². The van der Waals surface area contributed by atoms with Crippen molar-refractivity contribution in [1.82, 2.24) is 19.2 Å². The molecular weight excluding hydrogens is 304 g/mol. The molecule has 1 aliphatic rings. The van der Waals surface area contributed by atoms with Gasteiger partial charge in [-0.2, -0.15) is 5.10 Å². The molecule has 1 fully saturated rings. The molecule has 0 N–H and O–H groups in total. The lowest BCUT2D eigenvalue weighted by molar-refractivity contribution is 0.100. The van der Waals surface area contributed by atoms with Crippen LogP contribution in [0.15, 0.2) is 24.3 Å². The van der Waals surface area contributed by atoms with E-state index in [1.165, 1.54) is 31.2 Å². The SMILES string of the molecule is CC[C@@H]1CCCCN1Cn1nc(C)n(-c2ccccc2C)c1=S. The summed E-state index contributed by atoms with van der Waals surface area (Å²) in [4.78, 5) is 2.54. The molecule has 0 spiro atoms. The van der Waals surface area contributed by atoms with Gasteiger partial charge in [0.25, 0.3) is 0 Å². The molecule has 1 aliphatic heterocycles. The molecule has 5 heteroatoms. The minimum absolute atomic E-state index is 0.662. The van der Waals surface area contributed by atoms with E-state index >= 15 is 0 Å². The highest BCUT2D eigenvalue weighted by Crippen LogP contribution is 2.21. The molecule has 2 heterocycles. The molecule has 2 aromatic rings. The van der Waals surface area contributed by atoms with Crippen molar-refractivity contribution >= 4 is 12.2 Å². The van der Waals surface area contributed by atoms with Crippen LogP contribution in [0.25, 0.3) is 5.69 Å². The van der Waals surface area contributed by atoms with E-state index in [2.05, 4.69) is 47.6 Å². The molecule has 23 heavy (non-hydrogen) atoms. The number of aryl methyl sites for hydroxylation is 2. The highest BCUT2D eigenvalue weighted by molar-refractivity contribution is 7.71. The first-order valence-electron chi connectivity index (χ1n) is 8.58. The van der Waals surface area contributed by atoms with E-state index < -0.39 is 0 Å². The fourth-order valence-corrected chi connectivity index (χ4v) is 3.91. The van der Waals surface area contributed by atoms with Crippen LogP contribution in [-0.4, -0.2) is 31.8 Å². The van der Waals surface area contributed by atoms with Gasteiger partial charge >= 0.3 is 0 Å². The molecule has 0 unspecified atom stereocenters. The molecule has 0 aliphatic carbocycles. The fourth-order valence-electron chi connectivity index (χ4n) is 3.58. The second kappa shape index (κ2) is 6.97. The van der Waals surface area contributed by atoms with Crippen LogP contribution in [0.2, 0.25) is 0 Å². The number of likely N-dealkylation sites (tertiary alicyclic amines) is 1. The van der Waals surface area contributed by atoms with E-state index in [9.17, 15) is 0 Å². The van der Waals surface area contributed by atoms with Crippen molar-refractivity contribution in [2.45, 2.75) is 59.2 Å². The van der Waals surface area contributed by atoms with Gasteiger partial charge in [0.2, 0.25) is 4.77 Å². The summed E-state index contributed by atoms with van der Waals surface area (Å²) in [6.07, 6.45) is 5.12. The quantitative estimate of drug-likeness (QED) is 0.784. The molecular formula is C18H26N4S. The zero-order valence-electron chi connectivity index (χ0n) is 14.3. The highest BCUT2D eigenvalue weighted by atomic mass is 32.1. The first-order chi connectivity index (χ1) is 11.1. The Labute approximate surface area is 143 Å². The zero-order chi connectivity index (χ0) is 16.4. The van der Waals surface area contributed by atoms with Gasteiger partial charge in [-0.1, -0.05) is 31.5 Å². The van der Waals surface area contributed by atoms with Crippen molar-refractivity contribution in [1.29, 1.82) is 0 Å². The monoisotopic (exact) mass is 330 g/mol. The molecule has 0 saturated carbocycles. The molecule has 1 aromatic carbocycles. The molecule has 124 valence electrons. The standard InChI is InChI=1S/C18H26N4S/c1-4-16-10-7-8-12-20(16)13-21-18(23)22(15(3)19-21)17-11-6-5-9-14(17)2/h5-6,9,11,16H,4,7-8,10,12-13H2,1-3H3/t16-/m1/s1. The van der Waals surface area contributed by atoms with E-state index in [-0.39, 0.29) is 0 Å². The molecule has 0 bridgehead atoms. The third-order valence-electron chi connectivity index (χ3n) is 4.89. The lowest BCUT2D eigenvalue weighted by atomic mass is 10.0. The van der Waals surface area contributed by atoms with Gasteiger partial charge in [0, 0.05) is 12.6 Å². The van der Waals surface area contributed by atoms with Crippen LogP contribution < -0.4 is 0 Å². The van der Waals surface area contributed by atoms with Gasteiger partial charge in [0.1, 0.15) is 5.82 Å². The summed E-state index contributed by atoms with van der Waals surface area (Å²) in [6.45, 7) is 8.38. The summed E-state index contributed by atoms with van der Waals surface area (Å²) in [7, 11) is 0. The normalized spacial score (nSPS) is 19.2. The maximum Gasteiger partial charge on any atom is 0.203 e. The summed E-state index contributed by atoms with van der Waals surface area (Å²) < 4.78 is 4.87. The molecule has 4 nitrogen and oxygen atoms in total. The van der Waals surface area contributed by atoms with Crippen molar-refractivity contribution in [2.24, 2.45) is 0 Å². The van der Waals surface area contributed by atoms with Crippen LogP contribution in [0.1, 0.15) is 44.0 Å². The third-order valence-corrected chi connectivity index (χ3v) is 5.29. The fraction of sp³-hybridized carbons (Fsp3) is 0.556. The third kappa shape index (κ3) is 3.26. The van der Waals surface area contributed by atoms with Gasteiger partial charge in [0.05, 0.1) is 12.4 Å². The Balaban J connectivity index is 1.92. The number of para-hydroxylation sites is 1. The summed E-state index contributed by atoms with van der Waals surface area (Å²) in [5.41, 5.74) is 2.35. The summed E-state index contributed by atoms with van der Waals surface area (Å²) in [5.74, 6) is 0.953. The lowest BCUT2D eigenvalue weighted by Gasteiger charge is -2.34. The average molecular weight is 331 g/mol. The molecule has 1 aromatic heterocycles. The van der Waals surface area contributed by atoms with E-state index in [4.69, 9.17) is 17.3 Å². The predicted octanol–water partition coefficient (Wildman–Crippen LogP) is 4.24. The number of nitrogens with zero attached hydrogens (tertiary/aromatic N) is 4. The van der Waals surface area contributed by atoms with Crippen LogP contribution in [0.3, 0.4) is 0 Å². The topological polar surface area (TPSA) is 26.0 Å². The van der Waals surface area contributed by atoms with E-state index in [0.717, 1.165) is 29.5 Å². The number of rotatable bonds is 4. The number of hydrogen-bond donors (Lipinski definition) is 0. The van der Waals surface area contributed by atoms with Gasteiger partial charge < -0.3 is 0 Å². The van der Waals surface area contributed by atoms with Crippen molar-refractivity contribution < 1.29 is 0 Å². The van der Waals surface area contributed by atoms with Crippen LogP contribution in [0.5, 0.6) is 0 Å². The maximum atomic E-state index is 5.73. The van der Waals surface area contributed by atoms with E-state index in [1.54, 1.807) is 0 Å². The van der Waals surface area contributed by atoms with Crippen molar-refractivity contribution in [2.75, 3.05) is 6.54 Å². The van der Waals surface area contributed by atoms with Gasteiger partial charge in [-0.15, -0.1) is 0 Å². The van der Waals surface area contributed by atoms with Gasteiger partial charge in [0.15, 0.2) is 0 Å². The number of aromatic nitrogens is 3. The van der Waals surface area contributed by atoms with Crippen LogP contribution in [-0.2, 0) is 6.67 Å². The summed E-state index contributed by atoms with van der Waals surface area (Å²) in [5, 5.41) is 4.72. The van der Waals surface area contributed by atoms with Crippen molar-refractivity contribution in [3.63, 3.8) is 0 Å². The molecule has 1 saturated heterocycles. The first kappa shape index (κ1) is 16.4. The Bertz CT molecular complexity index is 731. The first-order valence-corrected chi connectivity index (χ1v) is 8.99. The van der Waals surface area contributed by atoms with E-state index in [0.29, 0.717) is 6.04 Å². The Morgan fingerprint density at radius 3 is 2.74 bits per heavy atom. The van der Waals surface area contributed by atoms with Crippen LogP contribution >= 0.6 is 12.2 Å². The zero-order valence-corrected chi connectivity index (χ0v) is 15.1. The molecule has 0 radical (unpaired) electrons. The molecule has 0 amide bonds. The minimum Gasteiger partial charge on any atom is -0.281 e. The lowest BCUT2D eigenvalue weighted by Crippen LogP contribution is -2.40. The van der Waals surface area contributed by atoms with Crippen LogP contribution in [0.4, 0.5) is 0 Å². The van der Waals surface area contributed by atoms with E-state index in [1.807, 2.05) is 11.6 Å². The Morgan fingerprint density at radius 1 is 1.22 bits per heavy atom. The largest absolute Gasteiger partial charge is 0.281 e. The molecule has 3 rings (SSSR count).